The molecule has 3 heteroatoms. The molecular formula is C17H36NO2+. The molecule has 20 heavy (non-hydrogen) atoms. The van der Waals surface area contributed by atoms with E-state index < -0.39 is 4.81 Å². The summed E-state index contributed by atoms with van der Waals surface area (Å²) in [7, 11) is 0. The monoisotopic (exact) mass is 286 g/mol. The third-order valence-electron chi connectivity index (χ3n) is 3.80. The Morgan fingerprint density at radius 1 is 0.700 bits per heavy atom. The number of hydroxylamine groups is 4. The highest BCUT2D eigenvalue weighted by molar-refractivity contribution is 4.80. The maximum absolute atomic E-state index is 9.34. The van der Waals surface area contributed by atoms with Crippen molar-refractivity contribution in [1.29, 1.82) is 0 Å². The lowest BCUT2D eigenvalue weighted by molar-refractivity contribution is -1.24. The number of hydrogen-bond acceptors (Lipinski definition) is 2. The van der Waals surface area contributed by atoms with E-state index in [-0.39, 0.29) is 6.54 Å². The smallest absolute Gasteiger partial charge is 0.160 e. The highest BCUT2D eigenvalue weighted by Gasteiger charge is 2.15. The minimum atomic E-state index is -0.894. The fourth-order valence-corrected chi connectivity index (χ4v) is 2.24. The van der Waals surface area contributed by atoms with E-state index in [0.29, 0.717) is 6.54 Å². The Hall–Kier alpha value is -0.380. The molecule has 3 nitrogen and oxygen atoms in total. The van der Waals surface area contributed by atoms with Gasteiger partial charge >= 0.3 is 0 Å². The molecule has 0 atom stereocenters. The van der Waals surface area contributed by atoms with Crippen molar-refractivity contribution < 1.29 is 15.2 Å². The second-order valence-corrected chi connectivity index (χ2v) is 5.82. The van der Waals surface area contributed by atoms with Crippen LogP contribution in [-0.2, 0) is 0 Å². The molecule has 0 aliphatic heterocycles. The molecule has 0 radical (unpaired) electrons. The lowest BCUT2D eigenvalue weighted by atomic mass is 10.1. The number of allylic oxidation sites excluding steroid dienone is 1. The molecule has 120 valence electrons. The van der Waals surface area contributed by atoms with Gasteiger partial charge in [-0.25, -0.2) is 0 Å². The van der Waals surface area contributed by atoms with Crippen LogP contribution >= 0.6 is 0 Å². The Morgan fingerprint density at radius 2 is 1.20 bits per heavy atom. The van der Waals surface area contributed by atoms with E-state index in [0.717, 1.165) is 6.42 Å². The normalized spacial score (nSPS) is 12.4. The van der Waals surface area contributed by atoms with Crippen LogP contribution < -0.4 is 0 Å². The zero-order valence-corrected chi connectivity index (χ0v) is 13.7. The second kappa shape index (κ2) is 13.6. The van der Waals surface area contributed by atoms with Gasteiger partial charge in [-0.2, -0.15) is 10.4 Å². The van der Waals surface area contributed by atoms with E-state index in [9.17, 15) is 10.4 Å². The minimum absolute atomic E-state index is 0.286. The highest BCUT2D eigenvalue weighted by Crippen LogP contribution is 2.11. The Bertz CT molecular complexity index is 227. The van der Waals surface area contributed by atoms with Crippen molar-refractivity contribution in [2.45, 2.75) is 84.5 Å². The van der Waals surface area contributed by atoms with Gasteiger partial charge in [0.2, 0.25) is 0 Å². The van der Waals surface area contributed by atoms with E-state index in [1.807, 2.05) is 6.08 Å². The standard InChI is InChI=1S/C17H36NO2/c1-3-5-6-7-8-9-10-11-12-13-14-15-16-17-18(19,20)4-2/h15-16,19-20H,3-14,17H2,1-2H3/q+1. The van der Waals surface area contributed by atoms with Gasteiger partial charge in [0.15, 0.2) is 6.54 Å². The van der Waals surface area contributed by atoms with Crippen molar-refractivity contribution >= 4 is 0 Å². The first-order chi connectivity index (χ1) is 9.62. The number of quaternary nitrogens is 1. The predicted octanol–water partition coefficient (Wildman–Crippen LogP) is 5.47. The van der Waals surface area contributed by atoms with Crippen LogP contribution in [0, 0.1) is 0 Å². The molecule has 0 saturated carbocycles. The van der Waals surface area contributed by atoms with Gasteiger partial charge in [-0.1, -0.05) is 70.8 Å². The summed E-state index contributed by atoms with van der Waals surface area (Å²) in [6.45, 7) is 4.63. The molecule has 0 aliphatic rings. The average Bonchev–Trinajstić information content (AvgIpc) is 2.44. The summed E-state index contributed by atoms with van der Waals surface area (Å²) < 4.78 is 0. The molecule has 0 unspecified atom stereocenters. The van der Waals surface area contributed by atoms with Crippen molar-refractivity contribution in [2.24, 2.45) is 0 Å². The molecule has 0 heterocycles. The molecule has 0 amide bonds. The van der Waals surface area contributed by atoms with Gasteiger partial charge in [-0.3, -0.25) is 0 Å². The van der Waals surface area contributed by atoms with E-state index >= 15 is 0 Å². The SMILES string of the molecule is CCCCCCCCCCCCC=CC[N+](O)(O)CC. The van der Waals surface area contributed by atoms with Crippen LogP contribution in [-0.4, -0.2) is 28.3 Å². The summed E-state index contributed by atoms with van der Waals surface area (Å²) in [6, 6.07) is 0. The topological polar surface area (TPSA) is 40.5 Å². The van der Waals surface area contributed by atoms with Gasteiger partial charge in [0.1, 0.15) is 6.54 Å². The zero-order valence-electron chi connectivity index (χ0n) is 13.7. The fourth-order valence-electron chi connectivity index (χ4n) is 2.24. The van der Waals surface area contributed by atoms with E-state index in [2.05, 4.69) is 13.0 Å². The van der Waals surface area contributed by atoms with E-state index in [1.165, 1.54) is 64.2 Å². The fraction of sp³-hybridized carbons (Fsp3) is 0.882. The first-order valence-electron chi connectivity index (χ1n) is 8.60. The number of likely N-dealkylation sites (N-methyl/N-ethyl adjacent to an activating group) is 1. The lowest BCUT2D eigenvalue weighted by Crippen LogP contribution is -2.40. The second-order valence-electron chi connectivity index (χ2n) is 5.82. The molecule has 0 fully saturated rings. The lowest BCUT2D eigenvalue weighted by Gasteiger charge is -2.16. The summed E-state index contributed by atoms with van der Waals surface area (Å²) >= 11 is 0. The van der Waals surface area contributed by atoms with Crippen LogP contribution in [0.2, 0.25) is 0 Å². The molecule has 0 bridgehead atoms. The molecular weight excluding hydrogens is 250 g/mol. The molecule has 0 rings (SSSR count). The quantitative estimate of drug-likeness (QED) is 0.192. The molecule has 0 spiro atoms. The Labute approximate surface area is 125 Å². The van der Waals surface area contributed by atoms with Crippen molar-refractivity contribution in [1.82, 2.24) is 0 Å². The summed E-state index contributed by atoms with van der Waals surface area (Å²) in [6.07, 6.45) is 18.6. The third kappa shape index (κ3) is 14.0. The van der Waals surface area contributed by atoms with Gasteiger partial charge < -0.3 is 0 Å². The minimum Gasteiger partial charge on any atom is -0.182 e. The first kappa shape index (κ1) is 19.6. The number of hydrogen-bond donors (Lipinski definition) is 2. The zero-order chi connectivity index (χ0) is 15.1. The molecule has 0 saturated heterocycles. The van der Waals surface area contributed by atoms with Crippen molar-refractivity contribution in [3.05, 3.63) is 12.2 Å². The van der Waals surface area contributed by atoms with Gasteiger partial charge in [0, 0.05) is 0 Å². The molecule has 0 aliphatic carbocycles. The van der Waals surface area contributed by atoms with Gasteiger partial charge in [-0.05, 0) is 30.7 Å². The first-order valence-corrected chi connectivity index (χ1v) is 8.60. The summed E-state index contributed by atoms with van der Waals surface area (Å²) in [4.78, 5) is -0.894. The molecule has 2 N–H and O–H groups in total. The number of unbranched alkanes of at least 4 members (excludes halogenated alkanes) is 10. The summed E-state index contributed by atoms with van der Waals surface area (Å²) in [5.41, 5.74) is 0. The molecule has 0 aromatic carbocycles. The van der Waals surface area contributed by atoms with Crippen LogP contribution in [0.15, 0.2) is 12.2 Å². The summed E-state index contributed by atoms with van der Waals surface area (Å²) in [5, 5.41) is 18.7. The largest absolute Gasteiger partial charge is 0.182 e. The maximum atomic E-state index is 9.34. The third-order valence-corrected chi connectivity index (χ3v) is 3.80. The molecule has 0 aromatic heterocycles. The van der Waals surface area contributed by atoms with Gasteiger partial charge in [0.25, 0.3) is 0 Å². The predicted molar refractivity (Wildman–Crippen MR) is 84.8 cm³/mol. The van der Waals surface area contributed by atoms with Gasteiger partial charge in [-0.15, -0.1) is 0 Å². The van der Waals surface area contributed by atoms with Crippen molar-refractivity contribution in [3.63, 3.8) is 0 Å². The Kier molecular flexibility index (Phi) is 13.3. The van der Waals surface area contributed by atoms with Crippen LogP contribution in [0.1, 0.15) is 84.5 Å². The Morgan fingerprint density at radius 3 is 1.70 bits per heavy atom. The van der Waals surface area contributed by atoms with Crippen LogP contribution in [0.25, 0.3) is 0 Å². The summed E-state index contributed by atoms with van der Waals surface area (Å²) in [5.74, 6) is 0. The average molecular weight is 286 g/mol. The van der Waals surface area contributed by atoms with Crippen LogP contribution in [0.4, 0.5) is 0 Å². The van der Waals surface area contributed by atoms with Crippen molar-refractivity contribution in [3.8, 4) is 0 Å². The molecule has 0 aromatic rings. The maximum Gasteiger partial charge on any atom is 0.160 e. The number of rotatable bonds is 14. The van der Waals surface area contributed by atoms with Crippen molar-refractivity contribution in [2.75, 3.05) is 13.1 Å². The Balaban J connectivity index is 3.19. The van der Waals surface area contributed by atoms with E-state index in [1.54, 1.807) is 6.92 Å². The number of nitrogens with zero attached hydrogens (tertiary/aromatic N) is 1. The highest BCUT2D eigenvalue weighted by atomic mass is 16.8. The van der Waals surface area contributed by atoms with Crippen LogP contribution in [0.5, 0.6) is 0 Å². The van der Waals surface area contributed by atoms with Crippen LogP contribution in [0.3, 0.4) is 0 Å². The van der Waals surface area contributed by atoms with Gasteiger partial charge in [0.05, 0.1) is 0 Å². The van der Waals surface area contributed by atoms with E-state index in [4.69, 9.17) is 0 Å².